The van der Waals surface area contributed by atoms with Gasteiger partial charge in [-0.15, -0.1) is 0 Å². The Balaban J connectivity index is 5.23. The Hall–Kier alpha value is -1.44. The van der Waals surface area contributed by atoms with Gasteiger partial charge in [0, 0.05) is 32.1 Å². The SMILES string of the molecule is C/C=C\C(/C=C\C)=C(/C=N\C)/C=N\C. The van der Waals surface area contributed by atoms with Gasteiger partial charge in [-0.25, -0.2) is 0 Å². The molecule has 14 heavy (non-hydrogen) atoms. The number of hydrogen-bond donors (Lipinski definition) is 0. The molecule has 0 rings (SSSR count). The highest BCUT2D eigenvalue weighted by molar-refractivity contribution is 6.05. The first-order valence-electron chi connectivity index (χ1n) is 4.64. The van der Waals surface area contributed by atoms with Gasteiger partial charge in [0.05, 0.1) is 0 Å². The van der Waals surface area contributed by atoms with E-state index in [1.54, 1.807) is 14.1 Å². The van der Waals surface area contributed by atoms with Crippen LogP contribution in [0.5, 0.6) is 0 Å². The van der Waals surface area contributed by atoms with E-state index in [1.807, 2.05) is 50.6 Å². The Morgan fingerprint density at radius 1 is 0.786 bits per heavy atom. The van der Waals surface area contributed by atoms with Crippen molar-refractivity contribution in [1.29, 1.82) is 0 Å². The molecule has 0 aliphatic carbocycles. The second kappa shape index (κ2) is 8.17. The lowest BCUT2D eigenvalue weighted by Gasteiger charge is -1.98. The van der Waals surface area contributed by atoms with Crippen LogP contribution in [0.3, 0.4) is 0 Å². The molecule has 0 bridgehead atoms. The topological polar surface area (TPSA) is 24.7 Å². The van der Waals surface area contributed by atoms with Gasteiger partial charge in [-0.3, -0.25) is 9.98 Å². The Labute approximate surface area is 86.5 Å². The third-order valence-electron chi connectivity index (χ3n) is 1.56. The molecule has 0 radical (unpaired) electrons. The van der Waals surface area contributed by atoms with Crippen LogP contribution in [0, 0.1) is 0 Å². The highest BCUT2D eigenvalue weighted by Gasteiger charge is 1.94. The summed E-state index contributed by atoms with van der Waals surface area (Å²) in [5, 5.41) is 0. The molecule has 0 heterocycles. The minimum atomic E-state index is 1.02. The van der Waals surface area contributed by atoms with Crippen molar-refractivity contribution >= 4 is 12.4 Å². The first kappa shape index (κ1) is 12.6. The summed E-state index contributed by atoms with van der Waals surface area (Å²) in [7, 11) is 3.51. The van der Waals surface area contributed by atoms with Crippen molar-refractivity contribution in [3.8, 4) is 0 Å². The highest BCUT2D eigenvalue weighted by Crippen LogP contribution is 2.05. The van der Waals surface area contributed by atoms with Crippen LogP contribution in [-0.4, -0.2) is 26.5 Å². The number of hydrogen-bond acceptors (Lipinski definition) is 2. The van der Waals surface area contributed by atoms with E-state index in [-0.39, 0.29) is 0 Å². The van der Waals surface area contributed by atoms with E-state index >= 15 is 0 Å². The molecule has 0 aromatic heterocycles. The average Bonchev–Trinajstić information content (AvgIpc) is 2.17. The molecule has 0 N–H and O–H groups in total. The number of nitrogens with zero attached hydrogens (tertiary/aromatic N) is 2. The minimum Gasteiger partial charge on any atom is -0.296 e. The van der Waals surface area contributed by atoms with Crippen LogP contribution in [0.15, 0.2) is 45.4 Å². The van der Waals surface area contributed by atoms with Crippen molar-refractivity contribution in [3.63, 3.8) is 0 Å². The first-order chi connectivity index (χ1) is 6.79. The fraction of sp³-hybridized carbons (Fsp3) is 0.333. The molecule has 0 atom stereocenters. The predicted molar refractivity (Wildman–Crippen MR) is 65.5 cm³/mol. The zero-order valence-corrected chi connectivity index (χ0v) is 9.36. The maximum Gasteiger partial charge on any atom is 0.0302 e. The maximum atomic E-state index is 4.00. The molecule has 0 amide bonds. The molecule has 0 saturated carbocycles. The third-order valence-corrected chi connectivity index (χ3v) is 1.56. The molecular formula is C12H18N2. The minimum absolute atomic E-state index is 1.02. The Bertz CT molecular complexity index is 233. The van der Waals surface area contributed by atoms with Crippen LogP contribution < -0.4 is 0 Å². The second-order valence-electron chi connectivity index (χ2n) is 2.69. The molecule has 0 aliphatic rings. The van der Waals surface area contributed by atoms with Gasteiger partial charge in [0.1, 0.15) is 0 Å². The molecular weight excluding hydrogens is 172 g/mol. The fourth-order valence-corrected chi connectivity index (χ4v) is 1.07. The zero-order valence-electron chi connectivity index (χ0n) is 9.36. The Kier molecular flexibility index (Phi) is 7.33. The van der Waals surface area contributed by atoms with Gasteiger partial charge in [0.25, 0.3) is 0 Å². The summed E-state index contributed by atoms with van der Waals surface area (Å²) in [5.74, 6) is 0. The summed E-state index contributed by atoms with van der Waals surface area (Å²) in [6, 6.07) is 0. The number of aliphatic imine (C=N–C) groups is 2. The largest absolute Gasteiger partial charge is 0.296 e. The van der Waals surface area contributed by atoms with Gasteiger partial charge in [-0.05, 0) is 19.4 Å². The van der Waals surface area contributed by atoms with E-state index in [2.05, 4.69) is 9.98 Å². The molecule has 0 aromatic carbocycles. The molecule has 2 nitrogen and oxygen atoms in total. The Morgan fingerprint density at radius 3 is 1.50 bits per heavy atom. The summed E-state index contributed by atoms with van der Waals surface area (Å²) >= 11 is 0. The second-order valence-corrected chi connectivity index (χ2v) is 2.69. The van der Waals surface area contributed by atoms with Crippen molar-refractivity contribution in [1.82, 2.24) is 0 Å². The van der Waals surface area contributed by atoms with Crippen molar-refractivity contribution in [3.05, 3.63) is 35.5 Å². The van der Waals surface area contributed by atoms with Crippen LogP contribution in [0.2, 0.25) is 0 Å². The molecule has 2 heteroatoms. The van der Waals surface area contributed by atoms with Crippen LogP contribution in [0.25, 0.3) is 0 Å². The van der Waals surface area contributed by atoms with E-state index < -0.39 is 0 Å². The zero-order chi connectivity index (χ0) is 10.8. The van der Waals surface area contributed by atoms with Crippen LogP contribution in [0.4, 0.5) is 0 Å². The highest BCUT2D eigenvalue weighted by atomic mass is 14.7. The summed E-state index contributed by atoms with van der Waals surface area (Å²) in [6.45, 7) is 3.99. The lowest BCUT2D eigenvalue weighted by molar-refractivity contribution is 1.44. The smallest absolute Gasteiger partial charge is 0.0302 e. The standard InChI is InChI=1S/C12H18N2/c1-5-7-11(8-6-2)12(9-13-3)10-14-4/h5-10H,1-4H3/b7-5-,8-6-,13-9-,14-10-. The maximum absolute atomic E-state index is 4.00. The molecule has 0 aromatic rings. The molecule has 0 fully saturated rings. The molecule has 0 aliphatic heterocycles. The van der Waals surface area contributed by atoms with Gasteiger partial charge >= 0.3 is 0 Å². The molecule has 0 saturated heterocycles. The van der Waals surface area contributed by atoms with Gasteiger partial charge in [0.15, 0.2) is 0 Å². The molecule has 0 unspecified atom stereocenters. The summed E-state index contributed by atoms with van der Waals surface area (Å²) in [5.41, 5.74) is 2.14. The van der Waals surface area contributed by atoms with E-state index in [4.69, 9.17) is 0 Å². The normalized spacial score (nSPS) is 12.6. The summed E-state index contributed by atoms with van der Waals surface area (Å²) in [6.07, 6.45) is 11.7. The first-order valence-corrected chi connectivity index (χ1v) is 4.64. The van der Waals surface area contributed by atoms with Crippen molar-refractivity contribution in [2.45, 2.75) is 13.8 Å². The number of rotatable bonds is 4. The van der Waals surface area contributed by atoms with Crippen LogP contribution in [0.1, 0.15) is 13.8 Å². The van der Waals surface area contributed by atoms with Crippen molar-refractivity contribution < 1.29 is 0 Å². The van der Waals surface area contributed by atoms with Gasteiger partial charge in [-0.1, -0.05) is 24.3 Å². The average molecular weight is 190 g/mol. The van der Waals surface area contributed by atoms with Crippen LogP contribution in [-0.2, 0) is 0 Å². The molecule has 0 spiro atoms. The lowest BCUT2D eigenvalue weighted by atomic mass is 10.1. The van der Waals surface area contributed by atoms with E-state index in [9.17, 15) is 0 Å². The number of allylic oxidation sites excluding steroid dienone is 6. The van der Waals surface area contributed by atoms with E-state index in [1.165, 1.54) is 0 Å². The van der Waals surface area contributed by atoms with Crippen molar-refractivity contribution in [2.24, 2.45) is 9.98 Å². The Morgan fingerprint density at radius 2 is 1.21 bits per heavy atom. The monoisotopic (exact) mass is 190 g/mol. The molecule has 76 valence electrons. The van der Waals surface area contributed by atoms with Crippen molar-refractivity contribution in [2.75, 3.05) is 14.1 Å². The van der Waals surface area contributed by atoms with E-state index in [0.29, 0.717) is 0 Å². The predicted octanol–water partition coefficient (Wildman–Crippen LogP) is 2.84. The van der Waals surface area contributed by atoms with Gasteiger partial charge in [-0.2, -0.15) is 0 Å². The third kappa shape index (κ3) is 4.55. The van der Waals surface area contributed by atoms with Gasteiger partial charge in [0.2, 0.25) is 0 Å². The summed E-state index contributed by atoms with van der Waals surface area (Å²) < 4.78 is 0. The summed E-state index contributed by atoms with van der Waals surface area (Å²) in [4.78, 5) is 8.00. The van der Waals surface area contributed by atoms with Gasteiger partial charge < -0.3 is 0 Å². The van der Waals surface area contributed by atoms with E-state index in [0.717, 1.165) is 11.1 Å². The lowest BCUT2D eigenvalue weighted by Crippen LogP contribution is -1.91. The van der Waals surface area contributed by atoms with Crippen LogP contribution >= 0.6 is 0 Å². The fourth-order valence-electron chi connectivity index (χ4n) is 1.07. The quantitative estimate of drug-likeness (QED) is 0.481.